The van der Waals surface area contributed by atoms with Crippen molar-refractivity contribution in [1.82, 2.24) is 9.97 Å². The summed E-state index contributed by atoms with van der Waals surface area (Å²) in [5, 5.41) is 12.3. The highest BCUT2D eigenvalue weighted by Crippen LogP contribution is 2.32. The molecule has 5 rings (SSSR count). The van der Waals surface area contributed by atoms with E-state index < -0.39 is 5.97 Å². The van der Waals surface area contributed by atoms with E-state index in [4.69, 9.17) is 4.98 Å². The minimum absolute atomic E-state index is 0.244. The normalized spacial score (nSPS) is 14.4. The van der Waals surface area contributed by atoms with Gasteiger partial charge in [0, 0.05) is 60.4 Å². The highest BCUT2D eigenvalue weighted by atomic mass is 16.4. The van der Waals surface area contributed by atoms with Crippen molar-refractivity contribution in [1.29, 1.82) is 0 Å². The number of aryl methyl sites for hydroxylation is 1. The van der Waals surface area contributed by atoms with Gasteiger partial charge in [-0.1, -0.05) is 18.2 Å². The summed E-state index contributed by atoms with van der Waals surface area (Å²) in [7, 11) is 0. The Morgan fingerprint density at radius 1 is 0.933 bits per heavy atom. The minimum atomic E-state index is -0.946. The zero-order valence-electron chi connectivity index (χ0n) is 16.7. The Hall–Kier alpha value is -3.67. The number of pyridine rings is 2. The van der Waals surface area contributed by atoms with Gasteiger partial charge in [-0.2, -0.15) is 0 Å². The van der Waals surface area contributed by atoms with Crippen molar-refractivity contribution in [2.45, 2.75) is 6.92 Å². The first kappa shape index (κ1) is 18.4. The molecule has 0 unspecified atom stereocenters. The summed E-state index contributed by atoms with van der Waals surface area (Å²) in [6.07, 6.45) is 3.63. The Morgan fingerprint density at radius 3 is 2.50 bits per heavy atom. The molecule has 0 aliphatic carbocycles. The monoisotopic (exact) mass is 398 g/mol. The molecule has 3 heterocycles. The predicted octanol–water partition coefficient (Wildman–Crippen LogP) is 4.12. The number of aromatic carboxylic acids is 1. The van der Waals surface area contributed by atoms with Gasteiger partial charge >= 0.3 is 5.97 Å². The van der Waals surface area contributed by atoms with Crippen LogP contribution in [0.25, 0.3) is 21.7 Å². The lowest BCUT2D eigenvalue weighted by atomic mass is 10.1. The number of aromatic nitrogens is 2. The molecule has 4 aromatic rings. The molecule has 150 valence electrons. The molecular formula is C24H22N4O2. The molecule has 1 fully saturated rings. The molecule has 0 spiro atoms. The number of carbonyl (C=O) groups is 1. The number of rotatable bonds is 3. The van der Waals surface area contributed by atoms with Gasteiger partial charge in [0.1, 0.15) is 5.82 Å². The maximum atomic E-state index is 11.4. The van der Waals surface area contributed by atoms with Crippen LogP contribution in [0.4, 0.5) is 11.5 Å². The summed E-state index contributed by atoms with van der Waals surface area (Å²) in [6.45, 7) is 5.63. The van der Waals surface area contributed by atoms with Gasteiger partial charge in [-0.25, -0.2) is 9.78 Å². The van der Waals surface area contributed by atoms with Crippen molar-refractivity contribution < 1.29 is 9.90 Å². The van der Waals surface area contributed by atoms with Gasteiger partial charge in [-0.15, -0.1) is 0 Å². The smallest absolute Gasteiger partial charge is 0.335 e. The van der Waals surface area contributed by atoms with E-state index in [1.165, 1.54) is 11.3 Å². The zero-order valence-corrected chi connectivity index (χ0v) is 16.7. The van der Waals surface area contributed by atoms with E-state index in [0.717, 1.165) is 48.2 Å². The molecule has 6 nitrogen and oxygen atoms in total. The third-order valence-corrected chi connectivity index (χ3v) is 5.77. The molecule has 1 saturated heterocycles. The fraction of sp³-hybridized carbons (Fsp3) is 0.208. The fourth-order valence-corrected chi connectivity index (χ4v) is 4.21. The quantitative estimate of drug-likeness (QED) is 0.524. The number of carboxylic acid groups (broad SMARTS) is 1. The summed E-state index contributed by atoms with van der Waals surface area (Å²) in [5.74, 6) is -0.0513. The molecule has 0 amide bonds. The second-order valence-electron chi connectivity index (χ2n) is 7.71. The van der Waals surface area contributed by atoms with Crippen LogP contribution in [0, 0.1) is 6.92 Å². The van der Waals surface area contributed by atoms with Gasteiger partial charge in [0.2, 0.25) is 0 Å². The molecule has 1 aliphatic rings. The van der Waals surface area contributed by atoms with E-state index in [9.17, 15) is 9.90 Å². The summed E-state index contributed by atoms with van der Waals surface area (Å²) in [5.41, 5.74) is 3.44. The van der Waals surface area contributed by atoms with Crippen LogP contribution in [-0.4, -0.2) is 47.2 Å². The lowest BCUT2D eigenvalue weighted by molar-refractivity contribution is 0.0697. The lowest BCUT2D eigenvalue weighted by Crippen LogP contribution is -2.47. The van der Waals surface area contributed by atoms with E-state index >= 15 is 0 Å². The van der Waals surface area contributed by atoms with Crippen LogP contribution in [0.2, 0.25) is 0 Å². The first-order chi connectivity index (χ1) is 14.6. The van der Waals surface area contributed by atoms with Gasteiger partial charge < -0.3 is 14.9 Å². The van der Waals surface area contributed by atoms with Crippen LogP contribution in [0.3, 0.4) is 0 Å². The maximum Gasteiger partial charge on any atom is 0.335 e. The Kier molecular flexibility index (Phi) is 4.47. The van der Waals surface area contributed by atoms with Crippen LogP contribution in [0.15, 0.2) is 60.9 Å². The van der Waals surface area contributed by atoms with Crippen molar-refractivity contribution in [3.63, 3.8) is 0 Å². The Labute approximate surface area is 174 Å². The van der Waals surface area contributed by atoms with Crippen LogP contribution < -0.4 is 9.80 Å². The van der Waals surface area contributed by atoms with E-state index in [1.54, 1.807) is 18.3 Å². The van der Waals surface area contributed by atoms with E-state index in [2.05, 4.69) is 46.0 Å². The van der Waals surface area contributed by atoms with Crippen LogP contribution >= 0.6 is 0 Å². The first-order valence-electron chi connectivity index (χ1n) is 10.1. The molecule has 6 heteroatoms. The van der Waals surface area contributed by atoms with Gasteiger partial charge in [-0.05, 0) is 42.8 Å². The van der Waals surface area contributed by atoms with Gasteiger partial charge in [0.25, 0.3) is 0 Å². The second-order valence-corrected chi connectivity index (χ2v) is 7.71. The molecule has 0 atom stereocenters. The number of hydrogen-bond donors (Lipinski definition) is 1. The average Bonchev–Trinajstić information content (AvgIpc) is 2.78. The molecule has 0 radical (unpaired) electrons. The third-order valence-electron chi connectivity index (χ3n) is 5.77. The van der Waals surface area contributed by atoms with E-state index in [0.29, 0.717) is 5.52 Å². The van der Waals surface area contributed by atoms with Gasteiger partial charge in [0.15, 0.2) is 0 Å². The molecule has 1 aliphatic heterocycles. The number of carboxylic acids is 1. The topological polar surface area (TPSA) is 69.6 Å². The van der Waals surface area contributed by atoms with E-state index in [-0.39, 0.29) is 5.56 Å². The molecule has 2 aromatic carbocycles. The molecule has 1 N–H and O–H groups in total. The van der Waals surface area contributed by atoms with Crippen LogP contribution in [0.1, 0.15) is 15.9 Å². The van der Waals surface area contributed by atoms with Gasteiger partial charge in [0.05, 0.1) is 11.1 Å². The number of nitrogens with zero attached hydrogens (tertiary/aromatic N) is 4. The molecule has 30 heavy (non-hydrogen) atoms. The van der Waals surface area contributed by atoms with Crippen LogP contribution in [-0.2, 0) is 0 Å². The molecule has 2 aromatic heterocycles. The highest BCUT2D eigenvalue weighted by Gasteiger charge is 2.21. The Morgan fingerprint density at radius 2 is 1.73 bits per heavy atom. The first-order valence-corrected chi connectivity index (χ1v) is 10.1. The summed E-state index contributed by atoms with van der Waals surface area (Å²) >= 11 is 0. The van der Waals surface area contributed by atoms with Crippen molar-refractivity contribution >= 4 is 39.1 Å². The van der Waals surface area contributed by atoms with Crippen molar-refractivity contribution in [3.8, 4) is 0 Å². The molecular weight excluding hydrogens is 376 g/mol. The fourth-order valence-electron chi connectivity index (χ4n) is 4.21. The summed E-state index contributed by atoms with van der Waals surface area (Å²) < 4.78 is 0. The van der Waals surface area contributed by atoms with Crippen molar-refractivity contribution in [3.05, 3.63) is 72.1 Å². The summed E-state index contributed by atoms with van der Waals surface area (Å²) in [6, 6.07) is 15.7. The largest absolute Gasteiger partial charge is 0.478 e. The molecule has 0 saturated carbocycles. The van der Waals surface area contributed by atoms with Crippen LogP contribution in [0.5, 0.6) is 0 Å². The van der Waals surface area contributed by atoms with Crippen molar-refractivity contribution in [2.75, 3.05) is 36.0 Å². The molecule has 0 bridgehead atoms. The number of piperazine rings is 1. The highest BCUT2D eigenvalue weighted by molar-refractivity contribution is 6.11. The number of anilines is 2. The maximum absolute atomic E-state index is 11.4. The standard InChI is InChI=1S/C24H22N4O2/c1-16-3-2-4-18(13-16)27-9-11-28(12-10-27)23-20-7-8-25-15-21(20)19-6-5-17(24(29)30)14-22(19)26-23/h2-8,13-15H,9-12H2,1H3,(H,29,30). The number of fused-ring (bicyclic) bond motifs is 3. The second kappa shape index (κ2) is 7.30. The SMILES string of the molecule is Cc1cccc(N2CCN(c3nc4cc(C(=O)O)ccc4c4cnccc34)CC2)c1. The number of benzene rings is 2. The zero-order chi connectivity index (χ0) is 20.7. The lowest BCUT2D eigenvalue weighted by Gasteiger charge is -2.37. The van der Waals surface area contributed by atoms with Crippen molar-refractivity contribution in [2.24, 2.45) is 0 Å². The number of hydrogen-bond acceptors (Lipinski definition) is 5. The minimum Gasteiger partial charge on any atom is -0.478 e. The van der Waals surface area contributed by atoms with E-state index in [1.807, 2.05) is 18.3 Å². The average molecular weight is 398 g/mol. The van der Waals surface area contributed by atoms with Gasteiger partial charge in [-0.3, -0.25) is 4.98 Å². The Balaban J connectivity index is 1.52. The predicted molar refractivity (Wildman–Crippen MR) is 120 cm³/mol. The summed E-state index contributed by atoms with van der Waals surface area (Å²) in [4.78, 5) is 25.3. The third kappa shape index (κ3) is 3.20. The Bertz CT molecular complexity index is 1260.